The molecule has 0 aliphatic carbocycles. The second kappa shape index (κ2) is 8.45. The van der Waals surface area contributed by atoms with Crippen LogP contribution in [0, 0.1) is 6.92 Å². The molecular weight excluding hydrogens is 298 g/mol. The highest BCUT2D eigenvalue weighted by molar-refractivity contribution is 5.81. The number of likely N-dealkylation sites (tertiary alicyclic amines) is 1. The molecule has 1 fully saturated rings. The Labute approximate surface area is 136 Å². The molecule has 0 N–H and O–H groups in total. The van der Waals surface area contributed by atoms with Gasteiger partial charge in [-0.05, 0) is 26.7 Å². The summed E-state index contributed by atoms with van der Waals surface area (Å²) in [4.78, 5) is 33.5. The Kier molecular flexibility index (Phi) is 6.31. The summed E-state index contributed by atoms with van der Waals surface area (Å²) in [7, 11) is 0. The second-order valence-electron chi connectivity index (χ2n) is 5.47. The largest absolute Gasteiger partial charge is 0.472 e. The van der Waals surface area contributed by atoms with Crippen LogP contribution in [0.25, 0.3) is 0 Å². The fourth-order valence-corrected chi connectivity index (χ4v) is 2.53. The summed E-state index contributed by atoms with van der Waals surface area (Å²) in [5.74, 6) is 0.816. The molecule has 0 radical (unpaired) electrons. The third kappa shape index (κ3) is 5.50. The topological polar surface area (TPSA) is 81.6 Å². The van der Waals surface area contributed by atoms with Crippen LogP contribution in [0.15, 0.2) is 12.3 Å². The third-order valence-electron chi connectivity index (χ3n) is 3.62. The molecule has 1 aliphatic rings. The first-order valence-corrected chi connectivity index (χ1v) is 7.98. The highest BCUT2D eigenvalue weighted by atomic mass is 16.5. The van der Waals surface area contributed by atoms with E-state index in [9.17, 15) is 9.59 Å². The summed E-state index contributed by atoms with van der Waals surface area (Å²) in [5, 5.41) is 0. The highest BCUT2D eigenvalue weighted by Gasteiger charge is 2.25. The van der Waals surface area contributed by atoms with Gasteiger partial charge in [0.1, 0.15) is 11.9 Å². The van der Waals surface area contributed by atoms with E-state index in [0.29, 0.717) is 31.4 Å². The van der Waals surface area contributed by atoms with Crippen LogP contribution in [0.3, 0.4) is 0 Å². The number of aromatic nitrogens is 2. The van der Waals surface area contributed by atoms with Crippen LogP contribution in [0.4, 0.5) is 0 Å². The van der Waals surface area contributed by atoms with Crippen molar-refractivity contribution in [2.24, 2.45) is 0 Å². The van der Waals surface area contributed by atoms with Crippen LogP contribution in [0.5, 0.6) is 5.88 Å². The predicted molar refractivity (Wildman–Crippen MR) is 82.9 cm³/mol. The molecule has 0 aromatic carbocycles. The molecule has 0 unspecified atom stereocenters. The van der Waals surface area contributed by atoms with Gasteiger partial charge in [0.2, 0.25) is 11.8 Å². The van der Waals surface area contributed by atoms with Crippen LogP contribution in [-0.2, 0) is 14.3 Å². The number of carbonyl (C=O) groups excluding carboxylic acids is 2. The Morgan fingerprint density at radius 2 is 2.22 bits per heavy atom. The number of rotatable bonds is 6. The molecule has 0 bridgehead atoms. The molecule has 1 atom stereocenters. The van der Waals surface area contributed by atoms with E-state index in [1.807, 2.05) is 0 Å². The molecule has 7 nitrogen and oxygen atoms in total. The van der Waals surface area contributed by atoms with Gasteiger partial charge in [-0.1, -0.05) is 0 Å². The van der Waals surface area contributed by atoms with Gasteiger partial charge in [0, 0.05) is 25.2 Å². The second-order valence-corrected chi connectivity index (χ2v) is 5.47. The zero-order chi connectivity index (χ0) is 16.7. The molecular formula is C16H23N3O4. The lowest BCUT2D eigenvalue weighted by atomic mass is 10.1. The van der Waals surface area contributed by atoms with E-state index in [-0.39, 0.29) is 30.8 Å². The summed E-state index contributed by atoms with van der Waals surface area (Å²) in [6.07, 6.45) is 3.63. The number of aryl methyl sites for hydroxylation is 1. The number of nitrogens with zero attached hydrogens (tertiary/aromatic N) is 3. The molecule has 1 aliphatic heterocycles. The number of amides is 1. The van der Waals surface area contributed by atoms with Crippen LogP contribution < -0.4 is 4.74 Å². The van der Waals surface area contributed by atoms with Crippen molar-refractivity contribution in [1.29, 1.82) is 0 Å². The molecule has 1 saturated heterocycles. The molecule has 23 heavy (non-hydrogen) atoms. The molecule has 2 rings (SSSR count). The first-order chi connectivity index (χ1) is 11.1. The monoisotopic (exact) mass is 321 g/mol. The summed E-state index contributed by atoms with van der Waals surface area (Å²) < 4.78 is 10.7. The lowest BCUT2D eigenvalue weighted by molar-refractivity contribution is -0.146. The number of ether oxygens (including phenoxy) is 2. The number of piperidine rings is 1. The first-order valence-electron chi connectivity index (χ1n) is 7.98. The van der Waals surface area contributed by atoms with E-state index in [1.54, 1.807) is 31.0 Å². The quantitative estimate of drug-likeness (QED) is 0.739. The Balaban J connectivity index is 1.82. The van der Waals surface area contributed by atoms with Crippen molar-refractivity contribution in [3.05, 3.63) is 18.1 Å². The van der Waals surface area contributed by atoms with Crippen molar-refractivity contribution in [1.82, 2.24) is 14.9 Å². The van der Waals surface area contributed by atoms with Gasteiger partial charge >= 0.3 is 5.97 Å². The lowest BCUT2D eigenvalue weighted by Crippen LogP contribution is -2.44. The van der Waals surface area contributed by atoms with Crippen molar-refractivity contribution in [3.63, 3.8) is 0 Å². The highest BCUT2D eigenvalue weighted by Crippen LogP contribution is 2.17. The smallest absolute Gasteiger partial charge is 0.306 e. The fraction of sp³-hybridized carbons (Fsp3) is 0.625. The zero-order valence-electron chi connectivity index (χ0n) is 13.7. The standard InChI is InChI=1S/C16H23N3O4/c1-3-22-16(21)7-6-15(20)19-10-4-5-13(11-19)23-14-8-9-17-12(2)18-14/h8-9,13H,3-7,10-11H2,1-2H3/t13-/m0/s1. The molecule has 1 aromatic rings. The van der Waals surface area contributed by atoms with E-state index in [4.69, 9.17) is 9.47 Å². The predicted octanol–water partition coefficient (Wildman–Crippen LogP) is 1.50. The molecule has 1 amide bonds. The SMILES string of the molecule is CCOC(=O)CCC(=O)N1CCC[C@H](Oc2ccnc(C)n2)C1. The summed E-state index contributed by atoms with van der Waals surface area (Å²) in [6.45, 7) is 5.11. The molecule has 0 spiro atoms. The van der Waals surface area contributed by atoms with E-state index >= 15 is 0 Å². The molecule has 7 heteroatoms. The van der Waals surface area contributed by atoms with Gasteiger partial charge in [0.05, 0.1) is 19.6 Å². The van der Waals surface area contributed by atoms with Crippen LogP contribution in [-0.4, -0.2) is 52.5 Å². The maximum absolute atomic E-state index is 12.2. The fourth-order valence-electron chi connectivity index (χ4n) is 2.53. The van der Waals surface area contributed by atoms with Gasteiger partial charge < -0.3 is 14.4 Å². The number of hydrogen-bond acceptors (Lipinski definition) is 6. The Morgan fingerprint density at radius 3 is 2.96 bits per heavy atom. The van der Waals surface area contributed by atoms with E-state index in [2.05, 4.69) is 9.97 Å². The van der Waals surface area contributed by atoms with Gasteiger partial charge in [0.25, 0.3) is 0 Å². The summed E-state index contributed by atoms with van der Waals surface area (Å²) >= 11 is 0. The van der Waals surface area contributed by atoms with E-state index in [1.165, 1.54) is 0 Å². The van der Waals surface area contributed by atoms with Crippen molar-refractivity contribution < 1.29 is 19.1 Å². The van der Waals surface area contributed by atoms with Crippen molar-refractivity contribution >= 4 is 11.9 Å². The van der Waals surface area contributed by atoms with Gasteiger partial charge in [-0.15, -0.1) is 0 Å². The molecule has 0 saturated carbocycles. The maximum Gasteiger partial charge on any atom is 0.306 e. The zero-order valence-corrected chi connectivity index (χ0v) is 13.7. The van der Waals surface area contributed by atoms with Gasteiger partial charge in [-0.2, -0.15) is 4.98 Å². The number of esters is 1. The van der Waals surface area contributed by atoms with Crippen LogP contribution >= 0.6 is 0 Å². The first kappa shape index (κ1) is 17.2. The van der Waals surface area contributed by atoms with Crippen LogP contribution in [0.1, 0.15) is 38.4 Å². The third-order valence-corrected chi connectivity index (χ3v) is 3.62. The maximum atomic E-state index is 12.2. The average molecular weight is 321 g/mol. The minimum atomic E-state index is -0.331. The Bertz CT molecular complexity index is 550. The molecule has 1 aromatic heterocycles. The van der Waals surface area contributed by atoms with Crippen molar-refractivity contribution in [2.45, 2.75) is 45.6 Å². The molecule has 126 valence electrons. The van der Waals surface area contributed by atoms with E-state index in [0.717, 1.165) is 12.8 Å². The lowest BCUT2D eigenvalue weighted by Gasteiger charge is -2.32. The van der Waals surface area contributed by atoms with E-state index < -0.39 is 0 Å². The van der Waals surface area contributed by atoms with Gasteiger partial charge in [0.15, 0.2) is 0 Å². The minimum Gasteiger partial charge on any atom is -0.472 e. The minimum absolute atomic E-state index is 0.0368. The van der Waals surface area contributed by atoms with Gasteiger partial charge in [-0.3, -0.25) is 9.59 Å². The van der Waals surface area contributed by atoms with Crippen molar-refractivity contribution in [3.8, 4) is 5.88 Å². The molecule has 2 heterocycles. The number of hydrogen-bond donors (Lipinski definition) is 0. The number of carbonyl (C=O) groups is 2. The average Bonchev–Trinajstić information content (AvgIpc) is 2.53. The van der Waals surface area contributed by atoms with Gasteiger partial charge in [-0.25, -0.2) is 4.98 Å². The summed E-state index contributed by atoms with van der Waals surface area (Å²) in [5.41, 5.74) is 0. The van der Waals surface area contributed by atoms with Crippen LogP contribution in [0.2, 0.25) is 0 Å². The summed E-state index contributed by atoms with van der Waals surface area (Å²) in [6, 6.07) is 1.72. The Hall–Kier alpha value is -2.18. The Morgan fingerprint density at radius 1 is 1.39 bits per heavy atom. The van der Waals surface area contributed by atoms with Crippen molar-refractivity contribution in [2.75, 3.05) is 19.7 Å². The normalized spacial score (nSPS) is 17.7.